The zero-order valence-electron chi connectivity index (χ0n) is 41.1. The van der Waals surface area contributed by atoms with Crippen molar-refractivity contribution in [3.8, 4) is 0 Å². The Bertz CT molecular complexity index is 1450. The van der Waals surface area contributed by atoms with Gasteiger partial charge < -0.3 is 93.7 Å². The highest BCUT2D eigenvalue weighted by Crippen LogP contribution is 2.04. The number of nitrogens with one attached hydrogen (secondary N) is 4. The molecule has 7 amide bonds. The van der Waals surface area contributed by atoms with Gasteiger partial charge in [0.2, 0.25) is 29.5 Å². The second-order valence-electron chi connectivity index (χ2n) is 14.7. The molecule has 1 aliphatic rings. The molecule has 0 aromatic heterocycles. The molecule has 0 aromatic carbocycles. The van der Waals surface area contributed by atoms with Gasteiger partial charge in [-0.1, -0.05) is 0 Å². The number of nitrogens with zero attached hydrogens (tertiary/aromatic N) is 1. The van der Waals surface area contributed by atoms with Gasteiger partial charge in [-0.05, 0) is 6.92 Å². The summed E-state index contributed by atoms with van der Waals surface area (Å²) in [4.78, 5) is 82.6. The third-order valence-electron chi connectivity index (χ3n) is 9.03. The highest BCUT2D eigenvalue weighted by atomic mass is 16.6. The van der Waals surface area contributed by atoms with E-state index in [9.17, 15) is 38.7 Å². The molecule has 0 aromatic rings. The number of primary amides is 1. The number of ether oxygens (including phenoxy) is 13. The highest BCUT2D eigenvalue weighted by molar-refractivity contribution is 6.13. The van der Waals surface area contributed by atoms with Gasteiger partial charge in [-0.25, -0.2) is 0 Å². The molecule has 1 rings (SSSR count). The van der Waals surface area contributed by atoms with Crippen LogP contribution in [0, 0.1) is 0 Å². The number of imide groups is 1. The standard InChI is InChI=1S/C44H78N6O21/c1-36(44(58)47-34-40(54)48-35-71-9-5-37(51)43(45)57)49-39(53)6-10-59-12-14-61-16-18-63-20-22-65-24-26-67-28-30-69-32-33-70-31-29-68-27-25-66-23-21-64-19-17-62-15-13-60-11-7-46-38(52)4-8-50-41(55)2-3-42(50)56/h2-3,36-37,51H,4-35H2,1H3,(H2,45,57)(H,46,52)(H,47,58)(H,48,54)(H,49,53)/t36-,37+/m0/s1. The van der Waals surface area contributed by atoms with Gasteiger partial charge in [-0.3, -0.25) is 38.5 Å². The van der Waals surface area contributed by atoms with Crippen LogP contribution in [0.4, 0.5) is 0 Å². The number of rotatable bonds is 52. The third kappa shape index (κ3) is 40.9. The molecule has 71 heavy (non-hydrogen) atoms. The van der Waals surface area contributed by atoms with Crippen LogP contribution in [0.2, 0.25) is 0 Å². The summed E-state index contributed by atoms with van der Waals surface area (Å²) < 4.78 is 70.5. The van der Waals surface area contributed by atoms with E-state index in [1.807, 2.05) is 0 Å². The normalized spacial score (nSPS) is 13.1. The van der Waals surface area contributed by atoms with Crippen molar-refractivity contribution in [2.45, 2.75) is 38.3 Å². The van der Waals surface area contributed by atoms with Crippen LogP contribution < -0.4 is 27.0 Å². The Hall–Kier alpha value is -4.33. The minimum atomic E-state index is -1.33. The number of carbonyl (C=O) groups excluding carboxylic acids is 7. The maximum absolute atomic E-state index is 12.2. The van der Waals surface area contributed by atoms with Crippen molar-refractivity contribution < 1.29 is 100 Å². The predicted molar refractivity (Wildman–Crippen MR) is 247 cm³/mol. The number of nitrogens with two attached hydrogens (primary N) is 1. The van der Waals surface area contributed by atoms with E-state index in [0.717, 1.165) is 4.90 Å². The van der Waals surface area contributed by atoms with E-state index < -0.39 is 47.6 Å². The number of carbonyl (C=O) groups is 7. The summed E-state index contributed by atoms with van der Waals surface area (Å²) in [6, 6.07) is -0.878. The number of aliphatic hydroxyl groups excluding tert-OH is 1. The van der Waals surface area contributed by atoms with Crippen LogP contribution in [-0.4, -0.2) is 255 Å². The van der Waals surface area contributed by atoms with Gasteiger partial charge in [0.25, 0.3) is 11.8 Å². The van der Waals surface area contributed by atoms with E-state index in [-0.39, 0.29) is 64.8 Å². The molecule has 0 radical (unpaired) electrons. The van der Waals surface area contributed by atoms with Crippen molar-refractivity contribution in [3.05, 3.63) is 12.2 Å². The fourth-order valence-electron chi connectivity index (χ4n) is 5.20. The first-order valence-electron chi connectivity index (χ1n) is 23.6. The maximum Gasteiger partial charge on any atom is 0.253 e. The topological polar surface area (TPSA) is 337 Å². The Morgan fingerprint density at radius 3 is 1.27 bits per heavy atom. The quantitative estimate of drug-likeness (QED) is 0.0192. The van der Waals surface area contributed by atoms with Gasteiger partial charge in [-0.2, -0.15) is 0 Å². The molecule has 0 spiro atoms. The van der Waals surface area contributed by atoms with Crippen LogP contribution in [0.1, 0.15) is 26.2 Å². The summed E-state index contributed by atoms with van der Waals surface area (Å²) in [7, 11) is 0. The van der Waals surface area contributed by atoms with Crippen molar-refractivity contribution in [2.24, 2.45) is 5.73 Å². The molecule has 7 N–H and O–H groups in total. The second kappa shape index (κ2) is 46.7. The van der Waals surface area contributed by atoms with Crippen LogP contribution in [0.5, 0.6) is 0 Å². The zero-order valence-corrected chi connectivity index (χ0v) is 41.1. The molecule has 0 aliphatic carbocycles. The van der Waals surface area contributed by atoms with Gasteiger partial charge in [0.1, 0.15) is 18.9 Å². The van der Waals surface area contributed by atoms with Gasteiger partial charge in [0, 0.05) is 44.5 Å². The molecule has 1 aliphatic heterocycles. The molecule has 0 fully saturated rings. The fourth-order valence-corrected chi connectivity index (χ4v) is 5.20. The minimum absolute atomic E-state index is 0.00447. The van der Waals surface area contributed by atoms with Gasteiger partial charge in [-0.15, -0.1) is 0 Å². The molecular weight excluding hydrogens is 949 g/mol. The average molecular weight is 1030 g/mol. The molecule has 2 atom stereocenters. The molecular formula is C44H78N6O21. The lowest BCUT2D eigenvalue weighted by atomic mass is 10.2. The molecule has 27 heteroatoms. The first-order chi connectivity index (χ1) is 34.5. The number of amides is 7. The molecule has 0 saturated carbocycles. The molecule has 1 heterocycles. The van der Waals surface area contributed by atoms with E-state index in [4.69, 9.17) is 67.3 Å². The largest absolute Gasteiger partial charge is 0.383 e. The van der Waals surface area contributed by atoms with Crippen LogP contribution in [0.15, 0.2) is 12.2 Å². The van der Waals surface area contributed by atoms with Gasteiger partial charge in [0.15, 0.2) is 0 Å². The molecule has 0 bridgehead atoms. The van der Waals surface area contributed by atoms with E-state index in [0.29, 0.717) is 152 Å². The van der Waals surface area contributed by atoms with Gasteiger partial charge in [0.05, 0.1) is 172 Å². The van der Waals surface area contributed by atoms with Crippen molar-refractivity contribution >= 4 is 41.4 Å². The van der Waals surface area contributed by atoms with Crippen molar-refractivity contribution in [2.75, 3.05) is 192 Å². The molecule has 27 nitrogen and oxygen atoms in total. The summed E-state index contributed by atoms with van der Waals surface area (Å²) in [5, 5.41) is 19.2. The SMILES string of the molecule is C[C@H](NC(=O)CCOCCOCCOCCOCCOCCOCCOCCOCCOCCOCCOCCOCCNC(=O)CCN1C(=O)C=CC1=O)C(=O)NCC(=O)NCOCC[C@@H](O)C(N)=O. The van der Waals surface area contributed by atoms with Crippen molar-refractivity contribution in [1.82, 2.24) is 26.2 Å². The highest BCUT2D eigenvalue weighted by Gasteiger charge is 2.23. The summed E-state index contributed by atoms with van der Waals surface area (Å²) in [6.45, 7) is 10.8. The first-order valence-corrected chi connectivity index (χ1v) is 23.6. The molecule has 0 saturated heterocycles. The Labute approximate surface area is 414 Å². The smallest absolute Gasteiger partial charge is 0.253 e. The third-order valence-corrected chi connectivity index (χ3v) is 9.03. The Kier molecular flexibility index (Phi) is 42.6. The van der Waals surface area contributed by atoms with E-state index >= 15 is 0 Å². The summed E-state index contributed by atoms with van der Waals surface area (Å²) in [5.74, 6) is -3.44. The minimum Gasteiger partial charge on any atom is -0.383 e. The molecule has 410 valence electrons. The predicted octanol–water partition coefficient (Wildman–Crippen LogP) is -4.05. The van der Waals surface area contributed by atoms with Crippen LogP contribution >= 0.6 is 0 Å². The lowest BCUT2D eigenvalue weighted by Crippen LogP contribution is -2.47. The van der Waals surface area contributed by atoms with Gasteiger partial charge >= 0.3 is 0 Å². The Morgan fingerprint density at radius 2 is 0.873 bits per heavy atom. The number of hydrogen-bond acceptors (Lipinski definition) is 21. The average Bonchev–Trinajstić information content (AvgIpc) is 3.67. The Balaban J connectivity index is 1.70. The van der Waals surface area contributed by atoms with Crippen LogP contribution in [0.3, 0.4) is 0 Å². The second-order valence-corrected chi connectivity index (χ2v) is 14.7. The van der Waals surface area contributed by atoms with Crippen LogP contribution in [-0.2, 0) is 95.1 Å². The lowest BCUT2D eigenvalue weighted by molar-refractivity contribution is -0.137. The Morgan fingerprint density at radius 1 is 0.493 bits per heavy atom. The summed E-state index contributed by atoms with van der Waals surface area (Å²) in [6.07, 6.45) is 1.09. The van der Waals surface area contributed by atoms with Crippen LogP contribution in [0.25, 0.3) is 0 Å². The van der Waals surface area contributed by atoms with Crippen molar-refractivity contribution in [3.63, 3.8) is 0 Å². The summed E-state index contributed by atoms with van der Waals surface area (Å²) in [5.41, 5.74) is 4.92. The van der Waals surface area contributed by atoms with E-state index in [2.05, 4.69) is 21.3 Å². The first kappa shape index (κ1) is 64.7. The zero-order chi connectivity index (χ0) is 51.8. The maximum atomic E-state index is 12.2. The van der Waals surface area contributed by atoms with E-state index in [1.165, 1.54) is 19.1 Å². The lowest BCUT2D eigenvalue weighted by Gasteiger charge is -2.14. The number of hydrogen-bond donors (Lipinski definition) is 6. The monoisotopic (exact) mass is 1030 g/mol. The van der Waals surface area contributed by atoms with E-state index in [1.54, 1.807) is 0 Å². The number of aliphatic hydroxyl groups is 1. The fraction of sp³-hybridized carbons (Fsp3) is 0.795. The molecule has 0 unspecified atom stereocenters. The summed E-state index contributed by atoms with van der Waals surface area (Å²) >= 11 is 0. The van der Waals surface area contributed by atoms with Crippen molar-refractivity contribution in [1.29, 1.82) is 0 Å².